The number of hydrogen-bond acceptors (Lipinski definition) is 4. The summed E-state index contributed by atoms with van der Waals surface area (Å²) in [4.78, 5) is 12.0. The van der Waals surface area contributed by atoms with Crippen LogP contribution in [0.25, 0.3) is 0 Å². The monoisotopic (exact) mass is 301 g/mol. The lowest BCUT2D eigenvalue weighted by atomic mass is 9.85. The van der Waals surface area contributed by atoms with Crippen LogP contribution in [0, 0.1) is 16.7 Å². The minimum absolute atomic E-state index is 0.230. The van der Waals surface area contributed by atoms with Gasteiger partial charge in [0, 0.05) is 6.61 Å². The van der Waals surface area contributed by atoms with Gasteiger partial charge in [0.15, 0.2) is 5.41 Å². The van der Waals surface area contributed by atoms with Gasteiger partial charge in [-0.1, -0.05) is 36.4 Å². The summed E-state index contributed by atoms with van der Waals surface area (Å²) in [6.45, 7) is 7.58. The van der Waals surface area contributed by atoms with Crippen molar-refractivity contribution in [2.24, 2.45) is 5.41 Å². The lowest BCUT2D eigenvalue weighted by Gasteiger charge is -2.27. The quantitative estimate of drug-likeness (QED) is 0.399. The van der Waals surface area contributed by atoms with Gasteiger partial charge in [0.05, 0.1) is 12.7 Å². The second-order valence-electron chi connectivity index (χ2n) is 5.15. The number of hydrogen-bond donors (Lipinski definition) is 0. The van der Waals surface area contributed by atoms with E-state index in [1.54, 1.807) is 6.92 Å². The third-order valence-electron chi connectivity index (χ3n) is 3.46. The molecular weight excluding hydrogens is 278 g/mol. The Hall–Kier alpha value is -2.12. The number of aryl methyl sites for hydroxylation is 1. The van der Waals surface area contributed by atoms with Gasteiger partial charge in [0.2, 0.25) is 0 Å². The molecule has 0 aliphatic heterocycles. The highest BCUT2D eigenvalue weighted by Crippen LogP contribution is 2.26. The SMILES string of the molecule is C=CC(OCCCc1ccccc1)C(C)(C#N)C(=O)OCC. The molecule has 1 aromatic rings. The molecule has 118 valence electrons. The van der Waals surface area contributed by atoms with Crippen molar-refractivity contribution in [2.75, 3.05) is 13.2 Å². The zero-order chi connectivity index (χ0) is 16.4. The summed E-state index contributed by atoms with van der Waals surface area (Å²) in [7, 11) is 0. The molecule has 0 bridgehead atoms. The van der Waals surface area contributed by atoms with E-state index < -0.39 is 17.5 Å². The smallest absolute Gasteiger partial charge is 0.329 e. The molecule has 0 fully saturated rings. The molecule has 0 amide bonds. The number of benzene rings is 1. The molecule has 0 saturated heterocycles. The van der Waals surface area contributed by atoms with Crippen LogP contribution in [-0.4, -0.2) is 25.3 Å². The first-order valence-electron chi connectivity index (χ1n) is 7.45. The summed E-state index contributed by atoms with van der Waals surface area (Å²) >= 11 is 0. The lowest BCUT2D eigenvalue weighted by molar-refractivity contribution is -0.157. The van der Waals surface area contributed by atoms with Gasteiger partial charge >= 0.3 is 5.97 Å². The number of nitriles is 1. The van der Waals surface area contributed by atoms with Crippen molar-refractivity contribution < 1.29 is 14.3 Å². The first-order valence-corrected chi connectivity index (χ1v) is 7.45. The molecule has 1 aromatic carbocycles. The van der Waals surface area contributed by atoms with Crippen molar-refractivity contribution in [1.82, 2.24) is 0 Å². The summed E-state index contributed by atoms with van der Waals surface area (Å²) in [6.07, 6.45) is 2.49. The molecule has 4 heteroatoms. The van der Waals surface area contributed by atoms with E-state index >= 15 is 0 Å². The summed E-state index contributed by atoms with van der Waals surface area (Å²) in [5.74, 6) is -0.578. The topological polar surface area (TPSA) is 59.3 Å². The fourth-order valence-electron chi connectivity index (χ4n) is 2.11. The second-order valence-corrected chi connectivity index (χ2v) is 5.15. The van der Waals surface area contributed by atoms with E-state index in [1.165, 1.54) is 18.6 Å². The summed E-state index contributed by atoms with van der Waals surface area (Å²) in [6, 6.07) is 12.1. The summed E-state index contributed by atoms with van der Waals surface area (Å²) < 4.78 is 10.7. The third-order valence-corrected chi connectivity index (χ3v) is 3.46. The van der Waals surface area contributed by atoms with E-state index in [0.717, 1.165) is 12.8 Å². The van der Waals surface area contributed by atoms with Gasteiger partial charge in [-0.15, -0.1) is 6.58 Å². The third kappa shape index (κ3) is 4.71. The molecule has 0 aliphatic carbocycles. The Bertz CT molecular complexity index is 521. The van der Waals surface area contributed by atoms with E-state index in [4.69, 9.17) is 9.47 Å². The van der Waals surface area contributed by atoms with E-state index in [-0.39, 0.29) is 6.61 Å². The fraction of sp³-hybridized carbons (Fsp3) is 0.444. The van der Waals surface area contributed by atoms with Gasteiger partial charge in [-0.25, -0.2) is 0 Å². The molecule has 0 aliphatic rings. The van der Waals surface area contributed by atoms with Crippen LogP contribution in [0.15, 0.2) is 43.0 Å². The van der Waals surface area contributed by atoms with E-state index in [9.17, 15) is 10.1 Å². The average molecular weight is 301 g/mol. The predicted molar refractivity (Wildman–Crippen MR) is 85.1 cm³/mol. The molecule has 0 N–H and O–H groups in total. The molecular formula is C18H23NO3. The maximum Gasteiger partial charge on any atom is 0.329 e. The maximum absolute atomic E-state index is 12.0. The molecule has 0 heterocycles. The minimum atomic E-state index is -1.37. The first-order chi connectivity index (χ1) is 10.6. The number of nitrogens with zero attached hydrogens (tertiary/aromatic N) is 1. The van der Waals surface area contributed by atoms with Crippen molar-refractivity contribution in [1.29, 1.82) is 5.26 Å². The van der Waals surface area contributed by atoms with E-state index in [1.807, 2.05) is 24.3 Å². The Morgan fingerprint density at radius 2 is 2.14 bits per heavy atom. The molecule has 4 nitrogen and oxygen atoms in total. The zero-order valence-electron chi connectivity index (χ0n) is 13.2. The van der Waals surface area contributed by atoms with Gasteiger partial charge in [-0.05, 0) is 32.3 Å². The molecule has 0 aromatic heterocycles. The summed E-state index contributed by atoms with van der Waals surface area (Å²) in [5, 5.41) is 9.34. The number of carbonyl (C=O) groups excluding carboxylic acids is 1. The molecule has 22 heavy (non-hydrogen) atoms. The molecule has 0 spiro atoms. The van der Waals surface area contributed by atoms with E-state index in [2.05, 4.69) is 18.7 Å². The van der Waals surface area contributed by atoms with Crippen LogP contribution in [0.5, 0.6) is 0 Å². The van der Waals surface area contributed by atoms with E-state index in [0.29, 0.717) is 6.61 Å². The number of esters is 1. The van der Waals surface area contributed by atoms with Crippen LogP contribution >= 0.6 is 0 Å². The van der Waals surface area contributed by atoms with Crippen molar-refractivity contribution in [3.63, 3.8) is 0 Å². The van der Waals surface area contributed by atoms with Gasteiger partial charge in [0.25, 0.3) is 0 Å². The molecule has 2 atom stereocenters. The highest BCUT2D eigenvalue weighted by molar-refractivity contribution is 5.80. The number of carbonyl (C=O) groups is 1. The van der Waals surface area contributed by atoms with Crippen molar-refractivity contribution in [3.05, 3.63) is 48.6 Å². The Balaban J connectivity index is 2.55. The largest absolute Gasteiger partial charge is 0.465 e. The number of ether oxygens (including phenoxy) is 2. The molecule has 0 saturated carbocycles. The van der Waals surface area contributed by atoms with Crippen LogP contribution < -0.4 is 0 Å². The Morgan fingerprint density at radius 3 is 2.68 bits per heavy atom. The van der Waals surface area contributed by atoms with Crippen LogP contribution in [0.3, 0.4) is 0 Å². The normalized spacial score (nSPS) is 14.4. The molecule has 0 radical (unpaired) electrons. The van der Waals surface area contributed by atoms with Crippen LogP contribution in [0.1, 0.15) is 25.8 Å². The molecule has 2 unspecified atom stereocenters. The van der Waals surface area contributed by atoms with Crippen LogP contribution in [0.4, 0.5) is 0 Å². The van der Waals surface area contributed by atoms with Gasteiger partial charge in [-0.3, -0.25) is 4.79 Å². The Morgan fingerprint density at radius 1 is 1.45 bits per heavy atom. The molecule has 1 rings (SSSR count). The Labute approximate surface area is 132 Å². The van der Waals surface area contributed by atoms with Gasteiger partial charge in [-0.2, -0.15) is 5.26 Å². The second kappa shape index (κ2) is 9.01. The van der Waals surface area contributed by atoms with Crippen LogP contribution in [0.2, 0.25) is 0 Å². The predicted octanol–water partition coefficient (Wildman–Crippen LogP) is 3.28. The van der Waals surface area contributed by atoms with Crippen molar-refractivity contribution >= 4 is 5.97 Å². The van der Waals surface area contributed by atoms with Crippen molar-refractivity contribution in [3.8, 4) is 6.07 Å². The van der Waals surface area contributed by atoms with Crippen molar-refractivity contribution in [2.45, 2.75) is 32.8 Å². The van der Waals surface area contributed by atoms with Gasteiger partial charge < -0.3 is 9.47 Å². The highest BCUT2D eigenvalue weighted by atomic mass is 16.5. The summed E-state index contributed by atoms with van der Waals surface area (Å²) in [5.41, 5.74) is -0.139. The zero-order valence-corrected chi connectivity index (χ0v) is 13.2. The van der Waals surface area contributed by atoms with Crippen LogP contribution in [-0.2, 0) is 20.7 Å². The lowest BCUT2D eigenvalue weighted by Crippen LogP contribution is -2.40. The average Bonchev–Trinajstić information content (AvgIpc) is 2.55. The maximum atomic E-state index is 12.0. The highest BCUT2D eigenvalue weighted by Gasteiger charge is 2.42. The Kier molecular flexibility index (Phi) is 7.34. The fourth-order valence-corrected chi connectivity index (χ4v) is 2.11. The standard InChI is InChI=1S/C18H23NO3/c1-4-16(18(3,14-19)17(20)21-5-2)22-13-9-12-15-10-7-6-8-11-15/h4,6-8,10-11,16H,1,5,9,12-13H2,2-3H3. The number of rotatable bonds is 9. The first kappa shape index (κ1) is 17.9. The van der Waals surface area contributed by atoms with Gasteiger partial charge in [0.1, 0.15) is 6.10 Å². The minimum Gasteiger partial charge on any atom is -0.465 e.